The number of nitrogens with one attached hydrogen (secondary N) is 1. The normalized spacial score (nSPS) is 20.8. The van der Waals surface area contributed by atoms with Crippen molar-refractivity contribution in [1.29, 1.82) is 0 Å². The van der Waals surface area contributed by atoms with Gasteiger partial charge in [0.2, 0.25) is 5.91 Å². The summed E-state index contributed by atoms with van der Waals surface area (Å²) in [6.45, 7) is 3.79. The van der Waals surface area contributed by atoms with Gasteiger partial charge in [0.15, 0.2) is 0 Å². The lowest BCUT2D eigenvalue weighted by Crippen LogP contribution is -2.44. The van der Waals surface area contributed by atoms with E-state index >= 15 is 0 Å². The molecule has 1 aromatic carbocycles. The van der Waals surface area contributed by atoms with Crippen LogP contribution in [0, 0.1) is 0 Å². The third-order valence-electron chi connectivity index (χ3n) is 4.45. The van der Waals surface area contributed by atoms with Gasteiger partial charge in [0.1, 0.15) is 5.82 Å². The highest BCUT2D eigenvalue weighted by Gasteiger charge is 2.31. The van der Waals surface area contributed by atoms with Crippen LogP contribution in [-0.2, 0) is 24.4 Å². The second-order valence-electron chi connectivity index (χ2n) is 5.68. The molecule has 0 saturated heterocycles. The van der Waals surface area contributed by atoms with Crippen molar-refractivity contribution in [3.63, 3.8) is 0 Å². The van der Waals surface area contributed by atoms with Crippen LogP contribution in [0.5, 0.6) is 0 Å². The fourth-order valence-corrected chi connectivity index (χ4v) is 3.30. The first-order chi connectivity index (χ1) is 10.3. The number of carbonyl (C=O) groups is 1. The highest BCUT2D eigenvalue weighted by atomic mass is 16.2. The molecule has 0 radical (unpaired) electrons. The van der Waals surface area contributed by atoms with Gasteiger partial charge in [-0.3, -0.25) is 4.79 Å². The number of hydrogen-bond acceptors (Lipinski definition) is 3. The largest absolute Gasteiger partial charge is 0.333 e. The Morgan fingerprint density at radius 3 is 3.14 bits per heavy atom. The first-order valence-corrected chi connectivity index (χ1v) is 7.40. The van der Waals surface area contributed by atoms with Crippen molar-refractivity contribution in [2.45, 2.75) is 25.6 Å². The number of carbonyl (C=O) groups excluding carboxylic acids is 1. The Labute approximate surface area is 123 Å². The molecule has 2 aliphatic rings. The van der Waals surface area contributed by atoms with Crippen LogP contribution in [0.2, 0.25) is 0 Å². The molecule has 2 aromatic rings. The Hall–Kier alpha value is -2.14. The lowest BCUT2D eigenvalue weighted by atomic mass is 9.89. The maximum absolute atomic E-state index is 12.9. The van der Waals surface area contributed by atoms with Gasteiger partial charge in [-0.2, -0.15) is 0 Å². The van der Waals surface area contributed by atoms with Crippen LogP contribution < -0.4 is 5.32 Å². The molecule has 0 bridgehead atoms. The summed E-state index contributed by atoms with van der Waals surface area (Å²) in [6.07, 6.45) is 3.79. The summed E-state index contributed by atoms with van der Waals surface area (Å²) in [5.41, 5.74) is 2.41. The fraction of sp³-hybridized carbons (Fsp3) is 0.375. The number of aromatic nitrogens is 2. The Morgan fingerprint density at radius 1 is 1.29 bits per heavy atom. The van der Waals surface area contributed by atoms with E-state index in [1.807, 2.05) is 23.2 Å². The van der Waals surface area contributed by atoms with E-state index in [9.17, 15) is 4.79 Å². The van der Waals surface area contributed by atoms with Crippen molar-refractivity contribution < 1.29 is 4.79 Å². The SMILES string of the molecule is O=C(C1CNCc2ccccc21)N1CCn2ccnc2C1. The zero-order valence-electron chi connectivity index (χ0n) is 11.8. The quantitative estimate of drug-likeness (QED) is 0.852. The number of hydrogen-bond donors (Lipinski definition) is 1. The second-order valence-corrected chi connectivity index (χ2v) is 5.68. The lowest BCUT2D eigenvalue weighted by Gasteiger charge is -2.33. The third-order valence-corrected chi connectivity index (χ3v) is 4.45. The van der Waals surface area contributed by atoms with Gasteiger partial charge >= 0.3 is 0 Å². The van der Waals surface area contributed by atoms with Crippen LogP contribution in [0.3, 0.4) is 0 Å². The Balaban J connectivity index is 1.59. The molecule has 1 atom stereocenters. The van der Waals surface area contributed by atoms with E-state index in [1.165, 1.54) is 11.1 Å². The zero-order valence-corrected chi connectivity index (χ0v) is 11.8. The predicted octanol–water partition coefficient (Wildman–Crippen LogP) is 1.11. The molecule has 3 heterocycles. The maximum atomic E-state index is 12.9. The van der Waals surface area contributed by atoms with Crippen molar-refractivity contribution >= 4 is 5.91 Å². The van der Waals surface area contributed by atoms with Gasteiger partial charge in [-0.1, -0.05) is 24.3 Å². The van der Waals surface area contributed by atoms with Crippen molar-refractivity contribution in [1.82, 2.24) is 19.8 Å². The molecule has 1 amide bonds. The van der Waals surface area contributed by atoms with Gasteiger partial charge in [-0.25, -0.2) is 4.98 Å². The Morgan fingerprint density at radius 2 is 2.19 bits per heavy atom. The van der Waals surface area contributed by atoms with Crippen LogP contribution in [0.25, 0.3) is 0 Å². The molecule has 0 fully saturated rings. The van der Waals surface area contributed by atoms with Gasteiger partial charge < -0.3 is 14.8 Å². The summed E-state index contributed by atoms with van der Waals surface area (Å²) in [4.78, 5) is 19.2. The molecule has 5 nitrogen and oxygen atoms in total. The van der Waals surface area contributed by atoms with E-state index in [0.717, 1.165) is 32.0 Å². The molecule has 2 aliphatic heterocycles. The summed E-state index contributed by atoms with van der Waals surface area (Å²) in [7, 11) is 0. The summed E-state index contributed by atoms with van der Waals surface area (Å²) >= 11 is 0. The first-order valence-electron chi connectivity index (χ1n) is 7.40. The average Bonchev–Trinajstić information content (AvgIpc) is 3.01. The second kappa shape index (κ2) is 5.00. The number of benzene rings is 1. The van der Waals surface area contributed by atoms with Crippen LogP contribution in [0.1, 0.15) is 22.9 Å². The predicted molar refractivity (Wildman–Crippen MR) is 78.5 cm³/mol. The highest BCUT2D eigenvalue weighted by Crippen LogP contribution is 2.26. The molecule has 1 aromatic heterocycles. The molecule has 0 saturated carbocycles. The highest BCUT2D eigenvalue weighted by molar-refractivity contribution is 5.84. The molecule has 108 valence electrons. The van der Waals surface area contributed by atoms with Crippen LogP contribution in [0.15, 0.2) is 36.7 Å². The van der Waals surface area contributed by atoms with Crippen molar-refractivity contribution in [3.05, 3.63) is 53.6 Å². The third kappa shape index (κ3) is 2.14. The molecular formula is C16H18N4O. The van der Waals surface area contributed by atoms with E-state index in [2.05, 4.69) is 27.0 Å². The molecule has 0 spiro atoms. The molecule has 0 aliphatic carbocycles. The lowest BCUT2D eigenvalue weighted by molar-refractivity contribution is -0.134. The number of nitrogens with zero attached hydrogens (tertiary/aromatic N) is 3. The minimum Gasteiger partial charge on any atom is -0.333 e. The van der Waals surface area contributed by atoms with Crippen molar-refractivity contribution in [2.24, 2.45) is 0 Å². The molecule has 21 heavy (non-hydrogen) atoms. The van der Waals surface area contributed by atoms with E-state index in [-0.39, 0.29) is 11.8 Å². The van der Waals surface area contributed by atoms with Gasteiger partial charge in [-0.05, 0) is 11.1 Å². The summed E-state index contributed by atoms with van der Waals surface area (Å²) < 4.78 is 2.12. The molecule has 5 heteroatoms. The molecule has 4 rings (SSSR count). The minimum absolute atomic E-state index is 0.0727. The topological polar surface area (TPSA) is 50.2 Å². The molecular weight excluding hydrogens is 264 g/mol. The van der Waals surface area contributed by atoms with Gasteiger partial charge in [0, 0.05) is 38.6 Å². The fourth-order valence-electron chi connectivity index (χ4n) is 3.30. The number of rotatable bonds is 1. The number of imidazole rings is 1. The molecule has 1 unspecified atom stereocenters. The smallest absolute Gasteiger partial charge is 0.231 e. The van der Waals surface area contributed by atoms with E-state index in [1.54, 1.807) is 6.20 Å². The maximum Gasteiger partial charge on any atom is 0.231 e. The van der Waals surface area contributed by atoms with E-state index in [4.69, 9.17) is 0 Å². The van der Waals surface area contributed by atoms with Crippen LogP contribution in [0.4, 0.5) is 0 Å². The summed E-state index contributed by atoms with van der Waals surface area (Å²) in [5.74, 6) is 1.12. The minimum atomic E-state index is -0.0727. The summed E-state index contributed by atoms with van der Waals surface area (Å²) in [6, 6.07) is 8.24. The van der Waals surface area contributed by atoms with Crippen molar-refractivity contribution in [2.75, 3.05) is 13.1 Å². The monoisotopic (exact) mass is 282 g/mol. The number of fused-ring (bicyclic) bond motifs is 2. The first kappa shape index (κ1) is 12.6. The zero-order chi connectivity index (χ0) is 14.2. The average molecular weight is 282 g/mol. The van der Waals surface area contributed by atoms with Gasteiger partial charge in [0.05, 0.1) is 12.5 Å². The van der Waals surface area contributed by atoms with Crippen molar-refractivity contribution in [3.8, 4) is 0 Å². The van der Waals surface area contributed by atoms with Gasteiger partial charge in [0.25, 0.3) is 0 Å². The van der Waals surface area contributed by atoms with E-state index in [0.29, 0.717) is 6.54 Å². The Kier molecular flexibility index (Phi) is 3.00. The Bertz CT molecular complexity index is 678. The van der Waals surface area contributed by atoms with Crippen LogP contribution >= 0.6 is 0 Å². The number of amides is 1. The standard InChI is InChI=1S/C16H18N4O/c21-16(20-8-7-19-6-5-18-15(19)11-20)14-10-17-9-12-3-1-2-4-13(12)14/h1-6,14,17H,7-11H2. The molecule has 1 N–H and O–H groups in total. The van der Waals surface area contributed by atoms with Gasteiger partial charge in [-0.15, -0.1) is 0 Å². The summed E-state index contributed by atoms with van der Waals surface area (Å²) in [5, 5.41) is 3.36. The van der Waals surface area contributed by atoms with E-state index < -0.39 is 0 Å². The van der Waals surface area contributed by atoms with Crippen LogP contribution in [-0.4, -0.2) is 33.4 Å².